The van der Waals surface area contributed by atoms with Gasteiger partial charge in [0, 0.05) is 0 Å². The molecule has 1 aromatic heterocycles. The van der Waals surface area contributed by atoms with Crippen LogP contribution in [0.4, 0.5) is 4.79 Å². The summed E-state index contributed by atoms with van der Waals surface area (Å²) in [7, 11) is 0. The number of ether oxygens (including phenoxy) is 1. The molecule has 0 radical (unpaired) electrons. The molecule has 0 saturated carbocycles. The van der Waals surface area contributed by atoms with Crippen molar-refractivity contribution in [2.24, 2.45) is 0 Å². The standard InChI is InChI=1S/C12H18N2O2/c1-12(2,3)16-11(15)14-10-7-5-4-6-9(10)8-13-14/h8H,4-7H2,1-3H3. The molecule has 0 atom stereocenters. The van der Waals surface area contributed by atoms with Crippen LogP contribution >= 0.6 is 0 Å². The SMILES string of the molecule is CC(C)(C)OC(=O)n1ncc2c1CCCC2. The van der Waals surface area contributed by atoms with E-state index in [1.54, 1.807) is 6.20 Å². The average molecular weight is 222 g/mol. The van der Waals surface area contributed by atoms with E-state index >= 15 is 0 Å². The zero-order valence-electron chi connectivity index (χ0n) is 10.1. The number of carbonyl (C=O) groups excluding carboxylic acids is 1. The lowest BCUT2D eigenvalue weighted by Gasteiger charge is -2.20. The van der Waals surface area contributed by atoms with Crippen LogP contribution in [0.2, 0.25) is 0 Å². The molecule has 16 heavy (non-hydrogen) atoms. The lowest BCUT2D eigenvalue weighted by Crippen LogP contribution is -2.29. The van der Waals surface area contributed by atoms with Gasteiger partial charge < -0.3 is 4.74 Å². The van der Waals surface area contributed by atoms with Crippen molar-refractivity contribution >= 4 is 6.09 Å². The Bertz CT molecular complexity index is 402. The van der Waals surface area contributed by atoms with E-state index in [-0.39, 0.29) is 6.09 Å². The number of aromatic nitrogens is 2. The first kappa shape index (κ1) is 11.2. The Morgan fingerprint density at radius 1 is 1.38 bits per heavy atom. The van der Waals surface area contributed by atoms with Gasteiger partial charge in [0.15, 0.2) is 0 Å². The smallest absolute Gasteiger partial charge is 0.435 e. The number of rotatable bonds is 0. The zero-order chi connectivity index (χ0) is 11.8. The van der Waals surface area contributed by atoms with Crippen LogP contribution in [0.25, 0.3) is 0 Å². The third kappa shape index (κ3) is 2.26. The molecule has 1 aromatic rings. The Labute approximate surface area is 95.6 Å². The Morgan fingerprint density at radius 2 is 2.06 bits per heavy atom. The minimum atomic E-state index is -0.468. The van der Waals surface area contributed by atoms with Crippen LogP contribution in [0.15, 0.2) is 6.20 Å². The fourth-order valence-electron chi connectivity index (χ4n) is 1.95. The van der Waals surface area contributed by atoms with Crippen molar-refractivity contribution in [1.82, 2.24) is 9.78 Å². The molecule has 2 rings (SSSR count). The zero-order valence-corrected chi connectivity index (χ0v) is 10.1. The first-order valence-electron chi connectivity index (χ1n) is 5.76. The van der Waals surface area contributed by atoms with Gasteiger partial charge in [0.25, 0.3) is 0 Å². The molecule has 0 fully saturated rings. The van der Waals surface area contributed by atoms with Gasteiger partial charge in [-0.15, -0.1) is 0 Å². The fourth-order valence-corrected chi connectivity index (χ4v) is 1.95. The summed E-state index contributed by atoms with van der Waals surface area (Å²) >= 11 is 0. The van der Waals surface area contributed by atoms with Crippen molar-refractivity contribution in [2.45, 2.75) is 52.1 Å². The summed E-state index contributed by atoms with van der Waals surface area (Å²) in [5.74, 6) is 0. The first-order valence-corrected chi connectivity index (χ1v) is 5.76. The van der Waals surface area contributed by atoms with E-state index < -0.39 is 5.60 Å². The summed E-state index contributed by atoms with van der Waals surface area (Å²) in [6.07, 6.45) is 5.69. The van der Waals surface area contributed by atoms with E-state index in [2.05, 4.69) is 5.10 Å². The topological polar surface area (TPSA) is 44.1 Å². The number of hydrogen-bond donors (Lipinski definition) is 0. The fraction of sp³-hybridized carbons (Fsp3) is 0.667. The molecule has 88 valence electrons. The highest BCUT2D eigenvalue weighted by Crippen LogP contribution is 2.21. The highest BCUT2D eigenvalue weighted by molar-refractivity contribution is 5.71. The molecule has 1 heterocycles. The molecule has 0 bridgehead atoms. The third-order valence-corrected chi connectivity index (χ3v) is 2.63. The molecule has 0 N–H and O–H groups in total. The predicted octanol–water partition coefficient (Wildman–Crippen LogP) is 2.55. The lowest BCUT2D eigenvalue weighted by molar-refractivity contribution is 0.0509. The minimum Gasteiger partial charge on any atom is -0.442 e. The second-order valence-electron chi connectivity index (χ2n) is 5.22. The first-order chi connectivity index (χ1) is 7.47. The van der Waals surface area contributed by atoms with Crippen LogP contribution in [0.1, 0.15) is 44.9 Å². The average Bonchev–Trinajstić information content (AvgIpc) is 2.58. The van der Waals surface area contributed by atoms with E-state index in [1.807, 2.05) is 20.8 Å². The van der Waals surface area contributed by atoms with Crippen molar-refractivity contribution < 1.29 is 9.53 Å². The molecule has 0 aliphatic heterocycles. The van der Waals surface area contributed by atoms with Crippen LogP contribution < -0.4 is 0 Å². The summed E-state index contributed by atoms with van der Waals surface area (Å²) in [5, 5.41) is 4.12. The summed E-state index contributed by atoms with van der Waals surface area (Å²) in [6, 6.07) is 0. The molecule has 4 nitrogen and oxygen atoms in total. The molecule has 1 aliphatic rings. The molecule has 0 spiro atoms. The van der Waals surface area contributed by atoms with Crippen LogP contribution in [0.5, 0.6) is 0 Å². The molecular weight excluding hydrogens is 204 g/mol. The number of nitrogens with zero attached hydrogens (tertiary/aromatic N) is 2. The monoisotopic (exact) mass is 222 g/mol. The quantitative estimate of drug-likeness (QED) is 0.677. The molecule has 4 heteroatoms. The molecule has 0 unspecified atom stereocenters. The molecule has 0 saturated heterocycles. The van der Waals surface area contributed by atoms with Crippen LogP contribution in [0.3, 0.4) is 0 Å². The molecule has 0 amide bonds. The van der Waals surface area contributed by atoms with E-state index in [4.69, 9.17) is 4.74 Å². The summed E-state index contributed by atoms with van der Waals surface area (Å²) in [5.41, 5.74) is 1.75. The summed E-state index contributed by atoms with van der Waals surface area (Å²) < 4.78 is 6.73. The van der Waals surface area contributed by atoms with Crippen molar-refractivity contribution in [1.29, 1.82) is 0 Å². The lowest BCUT2D eigenvalue weighted by atomic mass is 9.98. The van der Waals surface area contributed by atoms with E-state index in [9.17, 15) is 4.79 Å². The molecule has 1 aliphatic carbocycles. The Balaban J connectivity index is 2.21. The Morgan fingerprint density at radius 3 is 2.75 bits per heavy atom. The van der Waals surface area contributed by atoms with Crippen molar-refractivity contribution in [3.8, 4) is 0 Å². The highest BCUT2D eigenvalue weighted by Gasteiger charge is 2.23. The van der Waals surface area contributed by atoms with E-state index in [0.717, 1.165) is 25.0 Å². The maximum absolute atomic E-state index is 11.9. The minimum absolute atomic E-state index is 0.365. The summed E-state index contributed by atoms with van der Waals surface area (Å²) in [4.78, 5) is 11.9. The van der Waals surface area contributed by atoms with Gasteiger partial charge in [-0.2, -0.15) is 9.78 Å². The van der Waals surface area contributed by atoms with Gasteiger partial charge in [-0.1, -0.05) is 0 Å². The van der Waals surface area contributed by atoms with Gasteiger partial charge in [-0.25, -0.2) is 4.79 Å². The van der Waals surface area contributed by atoms with E-state index in [1.165, 1.54) is 16.7 Å². The van der Waals surface area contributed by atoms with Gasteiger partial charge in [0.05, 0.1) is 11.9 Å². The van der Waals surface area contributed by atoms with Crippen LogP contribution in [0, 0.1) is 0 Å². The van der Waals surface area contributed by atoms with Gasteiger partial charge in [0.2, 0.25) is 0 Å². The maximum Gasteiger partial charge on any atom is 0.435 e. The third-order valence-electron chi connectivity index (χ3n) is 2.63. The Kier molecular flexibility index (Phi) is 2.74. The van der Waals surface area contributed by atoms with Gasteiger partial charge in [-0.05, 0) is 52.0 Å². The number of fused-ring (bicyclic) bond motifs is 1. The van der Waals surface area contributed by atoms with Crippen molar-refractivity contribution in [3.63, 3.8) is 0 Å². The number of carbonyl (C=O) groups is 1. The second kappa shape index (κ2) is 3.92. The predicted molar refractivity (Wildman–Crippen MR) is 60.5 cm³/mol. The summed E-state index contributed by atoms with van der Waals surface area (Å²) in [6.45, 7) is 5.59. The van der Waals surface area contributed by atoms with Crippen LogP contribution in [-0.4, -0.2) is 21.5 Å². The van der Waals surface area contributed by atoms with Crippen molar-refractivity contribution in [3.05, 3.63) is 17.5 Å². The second-order valence-corrected chi connectivity index (χ2v) is 5.22. The van der Waals surface area contributed by atoms with Gasteiger partial charge in [-0.3, -0.25) is 0 Å². The highest BCUT2D eigenvalue weighted by atomic mass is 16.6. The van der Waals surface area contributed by atoms with Crippen LogP contribution in [-0.2, 0) is 17.6 Å². The normalized spacial score (nSPS) is 15.7. The van der Waals surface area contributed by atoms with E-state index in [0.29, 0.717) is 0 Å². The largest absolute Gasteiger partial charge is 0.442 e. The molecular formula is C12H18N2O2. The number of aryl methyl sites for hydroxylation is 1. The number of hydrogen-bond acceptors (Lipinski definition) is 3. The van der Waals surface area contributed by atoms with Crippen molar-refractivity contribution in [2.75, 3.05) is 0 Å². The maximum atomic E-state index is 11.9. The van der Waals surface area contributed by atoms with Gasteiger partial charge in [0.1, 0.15) is 5.60 Å². The molecule has 0 aromatic carbocycles. The Hall–Kier alpha value is -1.32. The van der Waals surface area contributed by atoms with Gasteiger partial charge >= 0.3 is 6.09 Å².